The Labute approximate surface area is 56.7 Å². The summed E-state index contributed by atoms with van der Waals surface area (Å²) >= 11 is 0. The summed E-state index contributed by atoms with van der Waals surface area (Å²) in [6.45, 7) is 9.49. The Hall–Kier alpha value is -0.720. The van der Waals surface area contributed by atoms with Gasteiger partial charge in [0.05, 0.1) is 0 Å². The summed E-state index contributed by atoms with van der Waals surface area (Å²) in [5, 5.41) is 8.70. The maximum atomic E-state index is 8.70. The van der Waals surface area contributed by atoms with E-state index in [9.17, 15) is 0 Å². The van der Waals surface area contributed by atoms with E-state index in [2.05, 4.69) is 20.4 Å². The van der Waals surface area contributed by atoms with Gasteiger partial charge < -0.3 is 5.11 Å². The van der Waals surface area contributed by atoms with Gasteiger partial charge in [0.2, 0.25) is 0 Å². The van der Waals surface area contributed by atoms with Gasteiger partial charge in [0.15, 0.2) is 0 Å². The molecule has 0 aromatic rings. The van der Waals surface area contributed by atoms with Gasteiger partial charge in [0.1, 0.15) is 5.76 Å². The molecule has 1 heteroatoms. The normalized spacial score (nSPS) is 12.2. The molecule has 1 nitrogen and oxygen atoms in total. The van der Waals surface area contributed by atoms with Crippen molar-refractivity contribution in [1.82, 2.24) is 0 Å². The van der Waals surface area contributed by atoms with Crippen LogP contribution >= 0.6 is 0 Å². The lowest BCUT2D eigenvalue weighted by Gasteiger charge is -2.02. The number of rotatable bonds is 2. The van der Waals surface area contributed by atoms with Gasteiger partial charge in [-0.2, -0.15) is 0 Å². The highest BCUT2D eigenvalue weighted by atomic mass is 16.3. The van der Waals surface area contributed by atoms with E-state index in [1.54, 1.807) is 6.08 Å². The van der Waals surface area contributed by atoms with Gasteiger partial charge in [0.25, 0.3) is 0 Å². The third kappa shape index (κ3) is 3.83. The molecule has 52 valence electrons. The van der Waals surface area contributed by atoms with Crippen LogP contribution in [-0.4, -0.2) is 5.11 Å². The highest BCUT2D eigenvalue weighted by Gasteiger charge is 1.94. The molecule has 0 aliphatic rings. The van der Waals surface area contributed by atoms with Crippen LogP contribution in [0.3, 0.4) is 0 Å². The maximum absolute atomic E-state index is 8.70. The summed E-state index contributed by atoms with van der Waals surface area (Å²) in [7, 11) is 0. The predicted molar refractivity (Wildman–Crippen MR) is 40.4 cm³/mol. The fraction of sp³-hybridized carbons (Fsp3) is 0.500. The van der Waals surface area contributed by atoms with Crippen LogP contribution in [0.2, 0.25) is 0 Å². The van der Waals surface area contributed by atoms with Crippen molar-refractivity contribution in [3.63, 3.8) is 0 Å². The van der Waals surface area contributed by atoms with Crippen molar-refractivity contribution in [3.8, 4) is 0 Å². The Bertz CT molecular complexity index is 132. The fourth-order valence-corrected chi connectivity index (χ4v) is 0.429. The SMILES string of the molecule is C=C(O)/C=C(\C)C(C)C. The molecule has 0 unspecified atom stereocenters. The van der Waals surface area contributed by atoms with Crippen molar-refractivity contribution >= 4 is 0 Å². The van der Waals surface area contributed by atoms with Crippen LogP contribution in [0.1, 0.15) is 20.8 Å². The first-order chi connectivity index (χ1) is 4.04. The molecular formula is C8H14O. The summed E-state index contributed by atoms with van der Waals surface area (Å²) in [5.41, 5.74) is 1.16. The monoisotopic (exact) mass is 126 g/mol. The van der Waals surface area contributed by atoms with E-state index in [4.69, 9.17) is 5.11 Å². The Morgan fingerprint density at radius 1 is 1.56 bits per heavy atom. The molecule has 0 radical (unpaired) electrons. The zero-order valence-electron chi connectivity index (χ0n) is 6.31. The third-order valence-corrected chi connectivity index (χ3v) is 1.30. The van der Waals surface area contributed by atoms with E-state index >= 15 is 0 Å². The largest absolute Gasteiger partial charge is 0.509 e. The fourth-order valence-electron chi connectivity index (χ4n) is 0.429. The first kappa shape index (κ1) is 8.28. The van der Waals surface area contributed by atoms with Gasteiger partial charge in [-0.05, 0) is 18.9 Å². The second-order valence-corrected chi connectivity index (χ2v) is 2.53. The lowest BCUT2D eigenvalue weighted by atomic mass is 10.1. The van der Waals surface area contributed by atoms with E-state index in [1.165, 1.54) is 0 Å². The number of aliphatic hydroxyl groups is 1. The highest BCUT2D eigenvalue weighted by Crippen LogP contribution is 2.08. The van der Waals surface area contributed by atoms with Crippen LogP contribution in [0, 0.1) is 5.92 Å². The van der Waals surface area contributed by atoms with Crippen molar-refractivity contribution < 1.29 is 5.11 Å². The molecule has 0 aromatic heterocycles. The summed E-state index contributed by atoms with van der Waals surface area (Å²) in [6.07, 6.45) is 1.69. The maximum Gasteiger partial charge on any atom is 0.108 e. The molecule has 0 spiro atoms. The smallest absolute Gasteiger partial charge is 0.108 e. The minimum atomic E-state index is 0.140. The average molecular weight is 126 g/mol. The lowest BCUT2D eigenvalue weighted by molar-refractivity contribution is 0.433. The first-order valence-corrected chi connectivity index (χ1v) is 3.10. The molecule has 0 rings (SSSR count). The minimum absolute atomic E-state index is 0.140. The minimum Gasteiger partial charge on any atom is -0.509 e. The number of aliphatic hydroxyl groups excluding tert-OH is 1. The predicted octanol–water partition coefficient (Wildman–Crippen LogP) is 2.66. The van der Waals surface area contributed by atoms with E-state index in [1.807, 2.05) is 6.92 Å². The molecule has 0 saturated heterocycles. The Morgan fingerprint density at radius 3 is 2.11 bits per heavy atom. The number of allylic oxidation sites excluding steroid dienone is 2. The van der Waals surface area contributed by atoms with Gasteiger partial charge in [-0.3, -0.25) is 0 Å². The summed E-state index contributed by atoms with van der Waals surface area (Å²) in [4.78, 5) is 0. The summed E-state index contributed by atoms with van der Waals surface area (Å²) in [5.74, 6) is 0.634. The molecule has 0 heterocycles. The molecule has 0 fully saturated rings. The second kappa shape index (κ2) is 3.33. The molecule has 9 heavy (non-hydrogen) atoms. The Kier molecular flexibility index (Phi) is 3.07. The van der Waals surface area contributed by atoms with Crippen molar-refractivity contribution in [1.29, 1.82) is 0 Å². The van der Waals surface area contributed by atoms with E-state index in [-0.39, 0.29) is 5.76 Å². The second-order valence-electron chi connectivity index (χ2n) is 2.53. The van der Waals surface area contributed by atoms with Crippen molar-refractivity contribution in [2.24, 2.45) is 5.92 Å². The zero-order chi connectivity index (χ0) is 7.44. The van der Waals surface area contributed by atoms with Gasteiger partial charge in [0, 0.05) is 0 Å². The summed E-state index contributed by atoms with van der Waals surface area (Å²) in [6, 6.07) is 0. The van der Waals surface area contributed by atoms with Crippen molar-refractivity contribution in [2.45, 2.75) is 20.8 Å². The molecule has 0 saturated carbocycles. The van der Waals surface area contributed by atoms with Crippen LogP contribution in [0.5, 0.6) is 0 Å². The number of hydrogen-bond donors (Lipinski definition) is 1. The van der Waals surface area contributed by atoms with Crippen LogP contribution in [0.25, 0.3) is 0 Å². The average Bonchev–Trinajstić information content (AvgIpc) is 1.63. The Balaban J connectivity index is 4.00. The quantitative estimate of drug-likeness (QED) is 0.445. The molecular weight excluding hydrogens is 112 g/mol. The van der Waals surface area contributed by atoms with Crippen LogP contribution in [0.15, 0.2) is 24.0 Å². The molecule has 0 aromatic carbocycles. The molecule has 0 amide bonds. The van der Waals surface area contributed by atoms with Crippen molar-refractivity contribution in [3.05, 3.63) is 24.0 Å². The van der Waals surface area contributed by atoms with Gasteiger partial charge in [-0.25, -0.2) is 0 Å². The topological polar surface area (TPSA) is 20.2 Å². The van der Waals surface area contributed by atoms with Gasteiger partial charge >= 0.3 is 0 Å². The van der Waals surface area contributed by atoms with E-state index in [0.29, 0.717) is 5.92 Å². The standard InChI is InChI=1S/C8H14O/c1-6(2)7(3)5-8(4)9/h5-6,9H,4H2,1-3H3/b7-5+. The van der Waals surface area contributed by atoms with E-state index in [0.717, 1.165) is 5.57 Å². The molecule has 0 bridgehead atoms. The lowest BCUT2D eigenvalue weighted by Crippen LogP contribution is -1.88. The van der Waals surface area contributed by atoms with Crippen LogP contribution in [-0.2, 0) is 0 Å². The van der Waals surface area contributed by atoms with E-state index < -0.39 is 0 Å². The molecule has 0 atom stereocenters. The zero-order valence-corrected chi connectivity index (χ0v) is 6.31. The van der Waals surface area contributed by atoms with Crippen LogP contribution < -0.4 is 0 Å². The Morgan fingerprint density at radius 2 is 2.00 bits per heavy atom. The first-order valence-electron chi connectivity index (χ1n) is 3.10. The van der Waals surface area contributed by atoms with Crippen molar-refractivity contribution in [2.75, 3.05) is 0 Å². The molecule has 0 aliphatic heterocycles. The molecule has 1 N–H and O–H groups in total. The highest BCUT2D eigenvalue weighted by molar-refractivity contribution is 5.14. The van der Waals surface area contributed by atoms with Crippen LogP contribution in [0.4, 0.5) is 0 Å². The number of hydrogen-bond acceptors (Lipinski definition) is 1. The molecule has 0 aliphatic carbocycles. The summed E-state index contributed by atoms with van der Waals surface area (Å²) < 4.78 is 0. The third-order valence-electron chi connectivity index (χ3n) is 1.30. The van der Waals surface area contributed by atoms with Gasteiger partial charge in [-0.15, -0.1) is 0 Å². The van der Waals surface area contributed by atoms with Gasteiger partial charge in [-0.1, -0.05) is 26.0 Å².